The minimum atomic E-state index is -0.233. The highest BCUT2D eigenvalue weighted by molar-refractivity contribution is 5.74. The van der Waals surface area contributed by atoms with E-state index in [1.807, 2.05) is 20.8 Å². The lowest BCUT2D eigenvalue weighted by Gasteiger charge is -2.26. The number of hydrogen-bond acceptors (Lipinski definition) is 2. The minimum Gasteiger partial charge on any atom is -0.373 e. The normalized spacial score (nSPS) is 24.6. The summed E-state index contributed by atoms with van der Waals surface area (Å²) in [6, 6.07) is 0.0368. The summed E-state index contributed by atoms with van der Waals surface area (Å²) in [4.78, 5) is 11.4. The van der Waals surface area contributed by atoms with Gasteiger partial charge < -0.3 is 15.4 Å². The molecule has 2 N–H and O–H groups in total. The molecule has 1 rings (SSSR count). The third kappa shape index (κ3) is 2.87. The molecular formula is C10H20N2O2. The van der Waals surface area contributed by atoms with Crippen molar-refractivity contribution >= 4 is 6.03 Å². The first kappa shape index (κ1) is 11.3. The van der Waals surface area contributed by atoms with Crippen LogP contribution in [0.5, 0.6) is 0 Å². The number of nitrogens with one attached hydrogen (secondary N) is 2. The zero-order chi connectivity index (χ0) is 10.6. The maximum absolute atomic E-state index is 11.4. The van der Waals surface area contributed by atoms with Crippen LogP contribution in [0.1, 0.15) is 33.6 Å². The Balaban J connectivity index is 2.33. The number of hydrogen-bond donors (Lipinski definition) is 2. The topological polar surface area (TPSA) is 50.4 Å². The van der Waals surface area contributed by atoms with Crippen molar-refractivity contribution in [2.24, 2.45) is 0 Å². The molecule has 1 aliphatic rings. The first-order valence-electron chi connectivity index (χ1n) is 5.24. The fourth-order valence-electron chi connectivity index (χ4n) is 1.58. The molecule has 0 bridgehead atoms. The van der Waals surface area contributed by atoms with E-state index in [2.05, 4.69) is 10.6 Å². The molecule has 1 atom stereocenters. The molecule has 0 aromatic rings. The van der Waals surface area contributed by atoms with Gasteiger partial charge in [-0.3, -0.25) is 0 Å². The van der Waals surface area contributed by atoms with Crippen molar-refractivity contribution in [1.82, 2.24) is 10.6 Å². The number of ether oxygens (including phenoxy) is 1. The molecule has 1 heterocycles. The molecule has 0 saturated carbocycles. The van der Waals surface area contributed by atoms with Crippen molar-refractivity contribution in [2.45, 2.75) is 45.3 Å². The Kier molecular flexibility index (Phi) is 3.75. The summed E-state index contributed by atoms with van der Waals surface area (Å²) in [7, 11) is 0. The number of rotatable bonds is 3. The first-order chi connectivity index (χ1) is 6.56. The lowest BCUT2D eigenvalue weighted by Crippen LogP contribution is -2.49. The van der Waals surface area contributed by atoms with Crippen LogP contribution in [0.4, 0.5) is 4.79 Å². The highest BCUT2D eigenvalue weighted by Crippen LogP contribution is 2.24. The summed E-state index contributed by atoms with van der Waals surface area (Å²) >= 11 is 0. The van der Waals surface area contributed by atoms with Crippen LogP contribution >= 0.6 is 0 Å². The van der Waals surface area contributed by atoms with Gasteiger partial charge in [-0.15, -0.1) is 0 Å². The van der Waals surface area contributed by atoms with Crippen LogP contribution < -0.4 is 10.6 Å². The van der Waals surface area contributed by atoms with Gasteiger partial charge in [-0.05, 0) is 26.7 Å². The van der Waals surface area contributed by atoms with E-state index in [9.17, 15) is 4.79 Å². The van der Waals surface area contributed by atoms with Crippen LogP contribution in [-0.4, -0.2) is 30.8 Å². The van der Waals surface area contributed by atoms with E-state index < -0.39 is 0 Å². The van der Waals surface area contributed by atoms with Gasteiger partial charge in [-0.25, -0.2) is 4.79 Å². The SMILES string of the molecule is CCCNC(=O)NC1CCOC1(C)C. The zero-order valence-electron chi connectivity index (χ0n) is 9.22. The number of amides is 2. The zero-order valence-corrected chi connectivity index (χ0v) is 9.22. The van der Waals surface area contributed by atoms with E-state index in [0.29, 0.717) is 0 Å². The van der Waals surface area contributed by atoms with Crippen molar-refractivity contribution in [3.05, 3.63) is 0 Å². The van der Waals surface area contributed by atoms with Crippen molar-refractivity contribution in [2.75, 3.05) is 13.2 Å². The monoisotopic (exact) mass is 200 g/mol. The fraction of sp³-hybridized carbons (Fsp3) is 0.900. The number of carbonyl (C=O) groups is 1. The molecule has 0 aromatic carbocycles. The van der Waals surface area contributed by atoms with E-state index in [1.54, 1.807) is 0 Å². The van der Waals surface area contributed by atoms with Gasteiger partial charge in [0, 0.05) is 13.2 Å². The molecule has 4 heteroatoms. The average Bonchev–Trinajstić information content (AvgIpc) is 2.43. The Labute approximate surface area is 85.4 Å². The van der Waals surface area contributed by atoms with Crippen LogP contribution in [0.2, 0.25) is 0 Å². The second-order valence-electron chi connectivity index (χ2n) is 4.19. The molecule has 1 unspecified atom stereocenters. The van der Waals surface area contributed by atoms with Crippen molar-refractivity contribution in [3.63, 3.8) is 0 Å². The molecule has 2 amide bonds. The molecule has 0 aromatic heterocycles. The molecule has 1 saturated heterocycles. The minimum absolute atomic E-state index is 0.0876. The van der Waals surface area contributed by atoms with Gasteiger partial charge in [0.1, 0.15) is 0 Å². The Morgan fingerprint density at radius 1 is 1.57 bits per heavy atom. The second-order valence-corrected chi connectivity index (χ2v) is 4.19. The summed E-state index contributed by atoms with van der Waals surface area (Å²) in [6.45, 7) is 7.49. The summed E-state index contributed by atoms with van der Waals surface area (Å²) in [6.07, 6.45) is 1.85. The molecule has 0 aliphatic carbocycles. The number of carbonyl (C=O) groups excluding carboxylic acids is 1. The maximum Gasteiger partial charge on any atom is 0.315 e. The Morgan fingerprint density at radius 3 is 2.79 bits per heavy atom. The van der Waals surface area contributed by atoms with Gasteiger partial charge >= 0.3 is 6.03 Å². The van der Waals surface area contributed by atoms with E-state index >= 15 is 0 Å². The summed E-state index contributed by atoms with van der Waals surface area (Å²) < 4.78 is 5.52. The van der Waals surface area contributed by atoms with Crippen LogP contribution in [-0.2, 0) is 4.74 Å². The lowest BCUT2D eigenvalue weighted by atomic mass is 9.99. The van der Waals surface area contributed by atoms with Crippen LogP contribution in [0.25, 0.3) is 0 Å². The molecule has 0 spiro atoms. The Morgan fingerprint density at radius 2 is 2.29 bits per heavy atom. The summed E-state index contributed by atoms with van der Waals surface area (Å²) in [5.41, 5.74) is -0.233. The van der Waals surface area contributed by atoms with Gasteiger partial charge in [0.25, 0.3) is 0 Å². The highest BCUT2D eigenvalue weighted by atomic mass is 16.5. The quantitative estimate of drug-likeness (QED) is 0.720. The third-order valence-electron chi connectivity index (χ3n) is 2.56. The van der Waals surface area contributed by atoms with Gasteiger partial charge in [0.2, 0.25) is 0 Å². The summed E-state index contributed by atoms with van der Waals surface area (Å²) in [5, 5.41) is 5.72. The second kappa shape index (κ2) is 4.64. The van der Waals surface area contributed by atoms with Crippen LogP contribution in [0, 0.1) is 0 Å². The van der Waals surface area contributed by atoms with E-state index in [-0.39, 0.29) is 17.7 Å². The third-order valence-corrected chi connectivity index (χ3v) is 2.56. The molecular weight excluding hydrogens is 180 g/mol. The largest absolute Gasteiger partial charge is 0.373 e. The van der Waals surface area contributed by atoms with Crippen molar-refractivity contribution < 1.29 is 9.53 Å². The van der Waals surface area contributed by atoms with Crippen molar-refractivity contribution in [3.8, 4) is 0 Å². The standard InChI is InChI=1S/C10H20N2O2/c1-4-6-11-9(13)12-8-5-7-14-10(8,2)3/h8H,4-7H2,1-3H3,(H2,11,12,13). The van der Waals surface area contributed by atoms with Gasteiger partial charge in [-0.1, -0.05) is 6.92 Å². The average molecular weight is 200 g/mol. The maximum atomic E-state index is 11.4. The Bertz CT molecular complexity index is 204. The van der Waals surface area contributed by atoms with Crippen LogP contribution in [0.15, 0.2) is 0 Å². The van der Waals surface area contributed by atoms with Crippen molar-refractivity contribution in [1.29, 1.82) is 0 Å². The highest BCUT2D eigenvalue weighted by Gasteiger charge is 2.36. The van der Waals surface area contributed by atoms with E-state index in [0.717, 1.165) is 26.0 Å². The predicted molar refractivity (Wildman–Crippen MR) is 55.3 cm³/mol. The Hall–Kier alpha value is -0.770. The molecule has 0 radical (unpaired) electrons. The molecule has 82 valence electrons. The molecule has 14 heavy (non-hydrogen) atoms. The van der Waals surface area contributed by atoms with Crippen LogP contribution in [0.3, 0.4) is 0 Å². The number of urea groups is 1. The smallest absolute Gasteiger partial charge is 0.315 e. The summed E-state index contributed by atoms with van der Waals surface area (Å²) in [5.74, 6) is 0. The fourth-order valence-corrected chi connectivity index (χ4v) is 1.58. The first-order valence-corrected chi connectivity index (χ1v) is 5.24. The predicted octanol–water partition coefficient (Wildman–Crippen LogP) is 1.26. The molecule has 1 fully saturated rings. The lowest BCUT2D eigenvalue weighted by molar-refractivity contribution is 0.0235. The van der Waals surface area contributed by atoms with Gasteiger partial charge in [0.05, 0.1) is 11.6 Å². The molecule has 4 nitrogen and oxygen atoms in total. The van der Waals surface area contributed by atoms with E-state index in [4.69, 9.17) is 4.74 Å². The van der Waals surface area contributed by atoms with Gasteiger partial charge in [-0.2, -0.15) is 0 Å². The van der Waals surface area contributed by atoms with Gasteiger partial charge in [0.15, 0.2) is 0 Å². The molecule has 1 aliphatic heterocycles. The van der Waals surface area contributed by atoms with E-state index in [1.165, 1.54) is 0 Å².